The number of halogens is 11. The van der Waals surface area contributed by atoms with Crippen LogP contribution in [0.2, 0.25) is 5.02 Å². The molecule has 0 atom stereocenters. The maximum absolute atomic E-state index is 14.7. The summed E-state index contributed by atoms with van der Waals surface area (Å²) in [6.45, 7) is 0. The SMILES string of the molecule is O=S(=O)(Nc1c(F)c(F)c(F)c(F)c1-c1cc(C(F)(F)F)c(Cl)c(C(F)(F)F)c1)c1ccccc1. The van der Waals surface area contributed by atoms with Crippen molar-refractivity contribution in [2.24, 2.45) is 0 Å². The van der Waals surface area contributed by atoms with Crippen LogP contribution in [-0.2, 0) is 22.4 Å². The molecule has 0 heterocycles. The largest absolute Gasteiger partial charge is 0.417 e. The Bertz CT molecular complexity index is 1370. The summed E-state index contributed by atoms with van der Waals surface area (Å²) in [6.07, 6.45) is -11.1. The van der Waals surface area contributed by atoms with Gasteiger partial charge in [-0.25, -0.2) is 26.0 Å². The van der Waals surface area contributed by atoms with Crippen molar-refractivity contribution in [3.8, 4) is 11.1 Å². The maximum atomic E-state index is 14.7. The molecule has 0 unspecified atom stereocenters. The number of hydrogen-bond acceptors (Lipinski definition) is 2. The lowest BCUT2D eigenvalue weighted by Crippen LogP contribution is -2.18. The highest BCUT2D eigenvalue weighted by atomic mass is 35.5. The predicted molar refractivity (Wildman–Crippen MR) is 104 cm³/mol. The number of alkyl halides is 6. The van der Waals surface area contributed by atoms with E-state index in [1.807, 2.05) is 0 Å². The van der Waals surface area contributed by atoms with Gasteiger partial charge in [0, 0.05) is 5.56 Å². The van der Waals surface area contributed by atoms with E-state index in [2.05, 4.69) is 0 Å². The molecule has 3 rings (SSSR count). The third-order valence-corrected chi connectivity index (χ3v) is 6.30. The van der Waals surface area contributed by atoms with Gasteiger partial charge in [0.05, 0.1) is 26.7 Å². The summed E-state index contributed by atoms with van der Waals surface area (Å²) < 4.78 is 164. The number of rotatable bonds is 4. The molecule has 0 bridgehead atoms. The number of nitrogens with one attached hydrogen (secondary N) is 1. The van der Waals surface area contributed by atoms with Gasteiger partial charge in [0.2, 0.25) is 0 Å². The highest BCUT2D eigenvalue weighted by Gasteiger charge is 2.42. The molecule has 3 nitrogen and oxygen atoms in total. The van der Waals surface area contributed by atoms with Crippen molar-refractivity contribution in [3.05, 3.63) is 81.9 Å². The van der Waals surface area contributed by atoms with Gasteiger partial charge in [-0.1, -0.05) is 29.8 Å². The van der Waals surface area contributed by atoms with Crippen LogP contribution in [-0.4, -0.2) is 8.42 Å². The molecule has 0 saturated carbocycles. The zero-order chi connectivity index (χ0) is 26.5. The predicted octanol–water partition coefficient (Wildman–Crippen LogP) is 7.40. The molecule has 0 radical (unpaired) electrons. The first kappa shape index (κ1) is 26.6. The van der Waals surface area contributed by atoms with E-state index < -0.39 is 83.5 Å². The Labute approximate surface area is 195 Å². The molecule has 15 heteroatoms. The van der Waals surface area contributed by atoms with E-state index in [1.165, 1.54) is 22.9 Å². The van der Waals surface area contributed by atoms with E-state index in [-0.39, 0.29) is 12.1 Å². The van der Waals surface area contributed by atoms with Gasteiger partial charge in [0.15, 0.2) is 23.3 Å². The van der Waals surface area contributed by atoms with E-state index in [1.54, 1.807) is 0 Å². The van der Waals surface area contributed by atoms with Gasteiger partial charge < -0.3 is 0 Å². The standard InChI is InChI=1S/C20H8ClF10NO2S/c21-13-10(19(26,27)28)6-8(7-11(13)20(29,30)31)12-14(22)15(23)16(24)17(25)18(12)32-35(33,34)9-4-2-1-3-5-9/h1-7,32H. The first-order chi connectivity index (χ1) is 16.0. The molecule has 35 heavy (non-hydrogen) atoms. The van der Waals surface area contributed by atoms with Gasteiger partial charge in [-0.3, -0.25) is 4.72 Å². The Morgan fingerprint density at radius 1 is 0.714 bits per heavy atom. The molecule has 0 aliphatic carbocycles. The fraction of sp³-hybridized carbons (Fsp3) is 0.100. The Kier molecular flexibility index (Phi) is 6.76. The number of hydrogen-bond donors (Lipinski definition) is 1. The van der Waals surface area contributed by atoms with Crippen LogP contribution in [0, 0.1) is 23.3 Å². The highest BCUT2D eigenvalue weighted by molar-refractivity contribution is 7.92. The zero-order valence-corrected chi connectivity index (χ0v) is 18.0. The van der Waals surface area contributed by atoms with Crippen LogP contribution in [0.1, 0.15) is 11.1 Å². The molecule has 3 aromatic rings. The van der Waals surface area contributed by atoms with Crippen LogP contribution in [0.5, 0.6) is 0 Å². The zero-order valence-electron chi connectivity index (χ0n) is 16.4. The van der Waals surface area contributed by atoms with Gasteiger partial charge in [-0.05, 0) is 29.8 Å². The minimum Gasteiger partial charge on any atom is -0.276 e. The lowest BCUT2D eigenvalue weighted by Gasteiger charge is -2.20. The average molecular weight is 552 g/mol. The van der Waals surface area contributed by atoms with Crippen LogP contribution in [0.15, 0.2) is 47.4 Å². The lowest BCUT2D eigenvalue weighted by atomic mass is 9.96. The van der Waals surface area contributed by atoms with Crippen LogP contribution >= 0.6 is 11.6 Å². The van der Waals surface area contributed by atoms with Gasteiger partial charge >= 0.3 is 12.4 Å². The Hall–Kier alpha value is -3.00. The lowest BCUT2D eigenvalue weighted by molar-refractivity contribution is -0.142. The summed E-state index contributed by atoms with van der Waals surface area (Å²) in [7, 11) is -4.91. The van der Waals surface area contributed by atoms with Gasteiger partial charge in [-0.2, -0.15) is 26.3 Å². The molecular formula is C20H8ClF10NO2S. The van der Waals surface area contributed by atoms with E-state index in [0.29, 0.717) is 0 Å². The molecular weight excluding hydrogens is 544 g/mol. The normalized spacial score (nSPS) is 12.7. The fourth-order valence-corrected chi connectivity index (χ4v) is 4.39. The topological polar surface area (TPSA) is 46.2 Å². The van der Waals surface area contributed by atoms with Crippen molar-refractivity contribution in [2.45, 2.75) is 17.2 Å². The van der Waals surface area contributed by atoms with Crippen molar-refractivity contribution in [1.29, 1.82) is 0 Å². The minimum absolute atomic E-state index is 0.187. The molecule has 0 amide bonds. The van der Waals surface area contributed by atoms with E-state index in [4.69, 9.17) is 11.6 Å². The quantitative estimate of drug-likeness (QED) is 0.209. The second kappa shape index (κ2) is 8.90. The Morgan fingerprint density at radius 2 is 1.17 bits per heavy atom. The van der Waals surface area contributed by atoms with E-state index in [9.17, 15) is 52.3 Å². The van der Waals surface area contributed by atoms with Gasteiger partial charge in [-0.15, -0.1) is 0 Å². The molecule has 0 aliphatic rings. The minimum atomic E-state index is -5.57. The van der Waals surface area contributed by atoms with Crippen LogP contribution < -0.4 is 4.72 Å². The first-order valence-corrected chi connectivity index (χ1v) is 10.7. The number of anilines is 1. The Balaban J connectivity index is 2.42. The average Bonchev–Trinajstić information content (AvgIpc) is 2.75. The molecule has 0 fully saturated rings. The van der Waals surface area contributed by atoms with Crippen LogP contribution in [0.25, 0.3) is 11.1 Å². The molecule has 3 aromatic carbocycles. The number of sulfonamides is 1. The van der Waals surface area contributed by atoms with Crippen LogP contribution in [0.4, 0.5) is 49.6 Å². The molecule has 0 spiro atoms. The third-order valence-electron chi connectivity index (χ3n) is 4.53. The third kappa shape index (κ3) is 5.03. The van der Waals surface area contributed by atoms with E-state index in [0.717, 1.165) is 12.1 Å². The summed E-state index contributed by atoms with van der Waals surface area (Å²) in [5.74, 6) is -10.1. The smallest absolute Gasteiger partial charge is 0.276 e. The van der Waals surface area contributed by atoms with Crippen molar-refractivity contribution in [3.63, 3.8) is 0 Å². The molecule has 1 N–H and O–H groups in total. The monoisotopic (exact) mass is 551 g/mol. The van der Waals surface area contributed by atoms with Crippen molar-refractivity contribution in [2.75, 3.05) is 4.72 Å². The van der Waals surface area contributed by atoms with Crippen molar-refractivity contribution < 1.29 is 52.3 Å². The summed E-state index contributed by atoms with van der Waals surface area (Å²) in [5, 5.41) is -1.86. The summed E-state index contributed by atoms with van der Waals surface area (Å²) in [6, 6.07) is 5.21. The summed E-state index contributed by atoms with van der Waals surface area (Å²) in [5.41, 5.74) is -9.37. The van der Waals surface area contributed by atoms with Gasteiger partial charge in [0.1, 0.15) is 0 Å². The van der Waals surface area contributed by atoms with E-state index >= 15 is 0 Å². The van der Waals surface area contributed by atoms with Gasteiger partial charge in [0.25, 0.3) is 10.0 Å². The van der Waals surface area contributed by atoms with Crippen molar-refractivity contribution >= 4 is 27.3 Å². The molecule has 0 saturated heterocycles. The Morgan fingerprint density at radius 3 is 1.63 bits per heavy atom. The van der Waals surface area contributed by atoms with Crippen LogP contribution in [0.3, 0.4) is 0 Å². The second-order valence-electron chi connectivity index (χ2n) is 6.81. The summed E-state index contributed by atoms with van der Waals surface area (Å²) >= 11 is 5.24. The maximum Gasteiger partial charge on any atom is 0.417 e. The highest BCUT2D eigenvalue weighted by Crippen LogP contribution is 2.47. The molecule has 0 aliphatic heterocycles. The number of benzene rings is 3. The second-order valence-corrected chi connectivity index (χ2v) is 8.87. The fourth-order valence-electron chi connectivity index (χ4n) is 2.97. The first-order valence-electron chi connectivity index (χ1n) is 8.89. The summed E-state index contributed by atoms with van der Waals surface area (Å²) in [4.78, 5) is -0.626. The molecule has 0 aromatic heterocycles. The van der Waals surface area contributed by atoms with Crippen molar-refractivity contribution in [1.82, 2.24) is 0 Å². The molecule has 188 valence electrons.